The first kappa shape index (κ1) is 15.3. The van der Waals surface area contributed by atoms with E-state index in [0.717, 1.165) is 12.1 Å². The lowest BCUT2D eigenvalue weighted by molar-refractivity contribution is -0.117. The Hall–Kier alpha value is -1.65. The van der Waals surface area contributed by atoms with E-state index in [1.165, 1.54) is 28.8 Å². The maximum Gasteiger partial charge on any atom is 0.238 e. The van der Waals surface area contributed by atoms with Gasteiger partial charge in [-0.05, 0) is 67.9 Å². The third kappa shape index (κ3) is 3.39. The predicted octanol–water partition coefficient (Wildman–Crippen LogP) is 3.87. The van der Waals surface area contributed by atoms with Crippen LogP contribution < -0.4 is 5.32 Å². The van der Waals surface area contributed by atoms with Gasteiger partial charge in [0.15, 0.2) is 0 Å². The topological polar surface area (TPSA) is 32.3 Å². The largest absolute Gasteiger partial charge is 0.325 e. The number of carbonyl (C=O) groups is 1. The molecule has 1 heterocycles. The van der Waals surface area contributed by atoms with Crippen LogP contribution in [0.4, 0.5) is 5.69 Å². The van der Waals surface area contributed by atoms with Gasteiger partial charge in [-0.15, -0.1) is 11.3 Å². The van der Waals surface area contributed by atoms with Crippen molar-refractivity contribution in [3.8, 4) is 0 Å². The normalized spacial score (nSPS) is 14.9. The number of hydrogen-bond donors (Lipinski definition) is 1. The summed E-state index contributed by atoms with van der Waals surface area (Å²) < 4.78 is 0. The van der Waals surface area contributed by atoms with Gasteiger partial charge in [-0.25, -0.2) is 0 Å². The van der Waals surface area contributed by atoms with Crippen molar-refractivity contribution >= 4 is 22.9 Å². The zero-order chi connectivity index (χ0) is 15.5. The van der Waals surface area contributed by atoms with E-state index in [-0.39, 0.29) is 11.9 Å². The summed E-state index contributed by atoms with van der Waals surface area (Å²) in [7, 11) is 1.99. The summed E-state index contributed by atoms with van der Waals surface area (Å²) in [5, 5.41) is 5.10. The molecule has 0 radical (unpaired) electrons. The average Bonchev–Trinajstić information content (AvgIpc) is 3.17. The molecule has 4 heteroatoms. The number of benzene rings is 1. The van der Waals surface area contributed by atoms with E-state index in [0.29, 0.717) is 6.54 Å². The summed E-state index contributed by atoms with van der Waals surface area (Å²) in [4.78, 5) is 15.6. The van der Waals surface area contributed by atoms with E-state index in [1.54, 1.807) is 11.3 Å². The highest BCUT2D eigenvalue weighted by molar-refractivity contribution is 7.10. The van der Waals surface area contributed by atoms with Gasteiger partial charge >= 0.3 is 0 Å². The minimum absolute atomic E-state index is 0.0452. The van der Waals surface area contributed by atoms with Crippen LogP contribution in [0.1, 0.15) is 35.4 Å². The van der Waals surface area contributed by atoms with Gasteiger partial charge < -0.3 is 5.32 Å². The zero-order valence-corrected chi connectivity index (χ0v) is 14.0. The molecule has 1 N–H and O–H groups in total. The van der Waals surface area contributed by atoms with Gasteiger partial charge in [0.25, 0.3) is 0 Å². The molecule has 1 aliphatic carbocycles. The first-order valence-corrected chi connectivity index (χ1v) is 8.67. The van der Waals surface area contributed by atoms with E-state index < -0.39 is 0 Å². The Kier molecular flexibility index (Phi) is 4.60. The molecule has 1 unspecified atom stereocenters. The highest BCUT2D eigenvalue weighted by Gasteiger charge is 2.16. The summed E-state index contributed by atoms with van der Waals surface area (Å²) in [6.07, 6.45) is 3.53. The van der Waals surface area contributed by atoms with Gasteiger partial charge in [0, 0.05) is 16.6 Å². The minimum Gasteiger partial charge on any atom is -0.325 e. The smallest absolute Gasteiger partial charge is 0.238 e. The minimum atomic E-state index is 0.0452. The number of carbonyl (C=O) groups excluding carboxylic acids is 1. The number of nitrogens with one attached hydrogen (secondary N) is 1. The number of likely N-dealkylation sites (N-methyl/N-ethyl adjacent to an activating group) is 1. The van der Waals surface area contributed by atoms with Crippen LogP contribution in [0.25, 0.3) is 0 Å². The molecule has 22 heavy (non-hydrogen) atoms. The highest BCUT2D eigenvalue weighted by atomic mass is 32.1. The number of rotatable bonds is 5. The number of amides is 1. The lowest BCUT2D eigenvalue weighted by atomic mass is 10.1. The number of nitrogens with zero attached hydrogens (tertiary/aromatic N) is 1. The van der Waals surface area contributed by atoms with Crippen LogP contribution in [-0.2, 0) is 17.6 Å². The van der Waals surface area contributed by atoms with Gasteiger partial charge in [-0.1, -0.05) is 12.1 Å². The molecule has 0 saturated carbocycles. The first-order valence-electron chi connectivity index (χ1n) is 7.79. The molecule has 1 atom stereocenters. The second kappa shape index (κ2) is 6.63. The molecule has 0 saturated heterocycles. The molecule has 2 aromatic rings. The van der Waals surface area contributed by atoms with Crippen LogP contribution in [0.5, 0.6) is 0 Å². The number of fused-ring (bicyclic) bond motifs is 1. The molecule has 0 bridgehead atoms. The Bertz CT molecular complexity index is 651. The van der Waals surface area contributed by atoms with Crippen LogP contribution in [0, 0.1) is 0 Å². The van der Waals surface area contributed by atoms with E-state index in [9.17, 15) is 4.79 Å². The fourth-order valence-electron chi connectivity index (χ4n) is 2.96. The molecule has 0 fully saturated rings. The molecule has 3 nitrogen and oxygen atoms in total. The summed E-state index contributed by atoms with van der Waals surface area (Å²) in [5.74, 6) is 0.0452. The Balaban J connectivity index is 1.58. The first-order chi connectivity index (χ1) is 10.6. The van der Waals surface area contributed by atoms with Crippen LogP contribution in [0.2, 0.25) is 0 Å². The number of thiophene rings is 1. The molecular formula is C18H22N2OS. The van der Waals surface area contributed by atoms with Gasteiger partial charge in [-0.3, -0.25) is 9.69 Å². The third-order valence-electron chi connectivity index (χ3n) is 4.39. The summed E-state index contributed by atoms with van der Waals surface area (Å²) in [5.41, 5.74) is 3.74. The standard InChI is InChI=1S/C18H22N2OS/c1-13(17-7-4-10-22-17)20(2)12-18(21)19-16-9-8-14-5-3-6-15(14)11-16/h4,7-11,13H,3,5-6,12H2,1-2H3,(H,19,21). The van der Waals surface area contributed by atoms with Gasteiger partial charge in [0.05, 0.1) is 6.54 Å². The van der Waals surface area contributed by atoms with Gasteiger partial charge in [0.2, 0.25) is 5.91 Å². The van der Waals surface area contributed by atoms with Gasteiger partial charge in [0.1, 0.15) is 0 Å². The van der Waals surface area contributed by atoms with Crippen LogP contribution >= 0.6 is 11.3 Å². The summed E-state index contributed by atoms with van der Waals surface area (Å²) in [6.45, 7) is 2.53. The summed E-state index contributed by atoms with van der Waals surface area (Å²) >= 11 is 1.73. The van der Waals surface area contributed by atoms with Crippen molar-refractivity contribution in [3.63, 3.8) is 0 Å². The lowest BCUT2D eigenvalue weighted by Crippen LogP contribution is -2.31. The predicted molar refractivity (Wildman–Crippen MR) is 92.5 cm³/mol. The lowest BCUT2D eigenvalue weighted by Gasteiger charge is -2.23. The maximum absolute atomic E-state index is 12.2. The molecule has 0 spiro atoms. The molecular weight excluding hydrogens is 292 g/mol. The quantitative estimate of drug-likeness (QED) is 0.908. The Morgan fingerprint density at radius 2 is 2.14 bits per heavy atom. The molecule has 1 aromatic carbocycles. The van der Waals surface area contributed by atoms with Crippen molar-refractivity contribution in [3.05, 3.63) is 51.7 Å². The van der Waals surface area contributed by atoms with Crippen molar-refractivity contribution in [2.75, 3.05) is 18.9 Å². The van der Waals surface area contributed by atoms with Crippen molar-refractivity contribution < 1.29 is 4.79 Å². The Morgan fingerprint density at radius 3 is 2.91 bits per heavy atom. The second-order valence-corrected chi connectivity index (χ2v) is 6.97. The van der Waals surface area contributed by atoms with E-state index in [4.69, 9.17) is 0 Å². The molecule has 1 amide bonds. The molecule has 0 aliphatic heterocycles. The Morgan fingerprint density at radius 1 is 1.32 bits per heavy atom. The third-order valence-corrected chi connectivity index (χ3v) is 5.43. The Labute approximate surface area is 136 Å². The van der Waals surface area contributed by atoms with Crippen molar-refractivity contribution in [2.45, 2.75) is 32.2 Å². The van der Waals surface area contributed by atoms with Crippen LogP contribution in [-0.4, -0.2) is 24.4 Å². The molecule has 1 aliphatic rings. The molecule has 1 aromatic heterocycles. The second-order valence-electron chi connectivity index (χ2n) is 5.99. The van der Waals surface area contributed by atoms with Crippen molar-refractivity contribution in [1.82, 2.24) is 4.90 Å². The summed E-state index contributed by atoms with van der Waals surface area (Å²) in [6, 6.07) is 10.7. The van der Waals surface area contributed by atoms with E-state index in [2.05, 4.69) is 46.8 Å². The van der Waals surface area contributed by atoms with Crippen molar-refractivity contribution in [2.24, 2.45) is 0 Å². The number of hydrogen-bond acceptors (Lipinski definition) is 3. The SMILES string of the molecule is CC(c1cccs1)N(C)CC(=O)Nc1ccc2c(c1)CCC2. The number of aryl methyl sites for hydroxylation is 2. The zero-order valence-electron chi connectivity index (χ0n) is 13.1. The van der Waals surface area contributed by atoms with Crippen LogP contribution in [0.3, 0.4) is 0 Å². The molecule has 3 rings (SSSR count). The molecule has 116 valence electrons. The van der Waals surface area contributed by atoms with E-state index >= 15 is 0 Å². The van der Waals surface area contributed by atoms with Crippen molar-refractivity contribution in [1.29, 1.82) is 0 Å². The fraction of sp³-hybridized carbons (Fsp3) is 0.389. The fourth-order valence-corrected chi connectivity index (χ4v) is 3.81. The van der Waals surface area contributed by atoms with Crippen LogP contribution in [0.15, 0.2) is 35.7 Å². The maximum atomic E-state index is 12.2. The van der Waals surface area contributed by atoms with E-state index in [1.807, 2.05) is 13.1 Å². The highest BCUT2D eigenvalue weighted by Crippen LogP contribution is 2.25. The van der Waals surface area contributed by atoms with Gasteiger partial charge in [-0.2, -0.15) is 0 Å². The average molecular weight is 314 g/mol. The number of anilines is 1. The monoisotopic (exact) mass is 314 g/mol.